The third-order valence-electron chi connectivity index (χ3n) is 2.24. The van der Waals surface area contributed by atoms with Gasteiger partial charge in [-0.15, -0.1) is 11.6 Å². The van der Waals surface area contributed by atoms with Crippen LogP contribution >= 0.6 is 11.6 Å². The van der Waals surface area contributed by atoms with Gasteiger partial charge in [0.2, 0.25) is 0 Å². The summed E-state index contributed by atoms with van der Waals surface area (Å²) < 4.78 is 0. The number of halogens is 1. The molecule has 0 aliphatic rings. The van der Waals surface area contributed by atoms with Crippen LogP contribution in [-0.2, 0) is 5.88 Å². The molecule has 0 atom stereocenters. The Kier molecular flexibility index (Phi) is 2.88. The molecule has 0 aliphatic carbocycles. The van der Waals surface area contributed by atoms with E-state index in [4.69, 9.17) is 11.6 Å². The number of aromatic nitrogens is 1. The van der Waals surface area contributed by atoms with Gasteiger partial charge in [0, 0.05) is 23.5 Å². The van der Waals surface area contributed by atoms with Gasteiger partial charge in [-0.25, -0.2) is 0 Å². The topological polar surface area (TPSA) is 32.9 Å². The van der Waals surface area contributed by atoms with E-state index >= 15 is 0 Å². The Hall–Kier alpha value is -1.54. The highest BCUT2D eigenvalue weighted by molar-refractivity contribution is 6.17. The maximum absolute atomic E-state index is 11.7. The van der Waals surface area contributed by atoms with Gasteiger partial charge in [-0.2, -0.15) is 0 Å². The van der Waals surface area contributed by atoms with Crippen LogP contribution in [0.1, 0.15) is 5.69 Å². The summed E-state index contributed by atoms with van der Waals surface area (Å²) in [7, 11) is 0. The Bertz CT molecular complexity index is 505. The minimum absolute atomic E-state index is 0.00407. The summed E-state index contributed by atoms with van der Waals surface area (Å²) in [6, 6.07) is 11.0. The van der Waals surface area contributed by atoms with Crippen LogP contribution in [0, 0.1) is 0 Å². The Morgan fingerprint density at radius 3 is 2.53 bits per heavy atom. The van der Waals surface area contributed by atoms with E-state index in [2.05, 4.69) is 4.98 Å². The molecule has 0 fully saturated rings. The van der Waals surface area contributed by atoms with Gasteiger partial charge in [0.1, 0.15) is 0 Å². The quantitative estimate of drug-likeness (QED) is 0.775. The lowest BCUT2D eigenvalue weighted by atomic mass is 10.0. The number of hydrogen-bond donors (Lipinski definition) is 1. The van der Waals surface area contributed by atoms with Crippen LogP contribution in [0.25, 0.3) is 11.1 Å². The maximum atomic E-state index is 11.7. The second-order valence-electron chi connectivity index (χ2n) is 3.20. The molecular formula is C12H10ClNO. The molecule has 2 nitrogen and oxygen atoms in total. The molecule has 1 N–H and O–H groups in total. The number of pyridine rings is 1. The van der Waals surface area contributed by atoms with Gasteiger partial charge in [-0.1, -0.05) is 30.3 Å². The largest absolute Gasteiger partial charge is 0.363 e. The van der Waals surface area contributed by atoms with Crippen LogP contribution in [0.4, 0.5) is 0 Å². The molecule has 0 saturated heterocycles. The van der Waals surface area contributed by atoms with Crippen molar-refractivity contribution in [1.29, 1.82) is 0 Å². The average molecular weight is 220 g/mol. The fourth-order valence-electron chi connectivity index (χ4n) is 1.55. The SMILES string of the molecule is O=c1cc[nH]c(CCl)c1-c1ccccc1. The molecule has 15 heavy (non-hydrogen) atoms. The molecule has 1 aromatic carbocycles. The molecule has 2 rings (SSSR count). The molecule has 3 heteroatoms. The molecule has 0 unspecified atom stereocenters. The molecule has 0 aliphatic heterocycles. The highest BCUT2D eigenvalue weighted by atomic mass is 35.5. The molecule has 0 bridgehead atoms. The first-order valence-electron chi connectivity index (χ1n) is 4.65. The summed E-state index contributed by atoms with van der Waals surface area (Å²) >= 11 is 5.78. The number of aromatic amines is 1. The first-order chi connectivity index (χ1) is 7.33. The predicted octanol–water partition coefficient (Wildman–Crippen LogP) is 2.78. The number of nitrogens with one attached hydrogen (secondary N) is 1. The maximum Gasteiger partial charge on any atom is 0.189 e. The summed E-state index contributed by atoms with van der Waals surface area (Å²) in [5.74, 6) is 0.306. The average Bonchev–Trinajstić information content (AvgIpc) is 2.29. The minimum Gasteiger partial charge on any atom is -0.363 e. The van der Waals surface area contributed by atoms with Crippen LogP contribution in [0.5, 0.6) is 0 Å². The predicted molar refractivity (Wildman–Crippen MR) is 62.1 cm³/mol. The van der Waals surface area contributed by atoms with Crippen LogP contribution in [0.2, 0.25) is 0 Å². The molecule has 2 aromatic rings. The fraction of sp³-hybridized carbons (Fsp3) is 0.0833. The van der Waals surface area contributed by atoms with E-state index in [0.29, 0.717) is 11.4 Å². The Balaban J connectivity index is 2.67. The van der Waals surface area contributed by atoms with E-state index in [1.165, 1.54) is 6.07 Å². The lowest BCUT2D eigenvalue weighted by Gasteiger charge is -2.05. The van der Waals surface area contributed by atoms with Gasteiger partial charge in [-0.05, 0) is 5.56 Å². The highest BCUT2D eigenvalue weighted by Gasteiger charge is 2.07. The van der Waals surface area contributed by atoms with Crippen LogP contribution < -0.4 is 5.43 Å². The lowest BCUT2D eigenvalue weighted by molar-refractivity contribution is 1.16. The van der Waals surface area contributed by atoms with Gasteiger partial charge >= 0.3 is 0 Å². The Morgan fingerprint density at radius 2 is 1.87 bits per heavy atom. The summed E-state index contributed by atoms with van der Waals surface area (Å²) in [5.41, 5.74) is 2.31. The van der Waals surface area contributed by atoms with Crippen molar-refractivity contribution >= 4 is 11.6 Å². The molecule has 1 aromatic heterocycles. The van der Waals surface area contributed by atoms with Gasteiger partial charge in [0.25, 0.3) is 0 Å². The third kappa shape index (κ3) is 1.95. The van der Waals surface area contributed by atoms with Gasteiger partial charge in [0.15, 0.2) is 5.43 Å². The van der Waals surface area contributed by atoms with Crippen molar-refractivity contribution < 1.29 is 0 Å². The zero-order valence-corrected chi connectivity index (χ0v) is 8.79. The Labute approximate surface area is 92.5 Å². The molecule has 0 radical (unpaired) electrons. The third-order valence-corrected chi connectivity index (χ3v) is 2.50. The lowest BCUT2D eigenvalue weighted by Crippen LogP contribution is -2.07. The van der Waals surface area contributed by atoms with E-state index in [-0.39, 0.29) is 5.43 Å². The van der Waals surface area contributed by atoms with E-state index < -0.39 is 0 Å². The first-order valence-corrected chi connectivity index (χ1v) is 5.18. The normalized spacial score (nSPS) is 10.2. The van der Waals surface area contributed by atoms with Gasteiger partial charge < -0.3 is 4.98 Å². The van der Waals surface area contributed by atoms with Crippen molar-refractivity contribution in [2.75, 3.05) is 0 Å². The number of benzene rings is 1. The van der Waals surface area contributed by atoms with E-state index in [9.17, 15) is 4.79 Å². The molecule has 0 amide bonds. The van der Waals surface area contributed by atoms with E-state index in [1.54, 1.807) is 6.20 Å². The number of alkyl halides is 1. The van der Waals surface area contributed by atoms with Crippen molar-refractivity contribution in [3.8, 4) is 11.1 Å². The second-order valence-corrected chi connectivity index (χ2v) is 3.46. The minimum atomic E-state index is -0.00407. The summed E-state index contributed by atoms with van der Waals surface area (Å²) in [5, 5.41) is 0. The van der Waals surface area contributed by atoms with Crippen molar-refractivity contribution in [3.05, 3.63) is 58.5 Å². The number of H-pyrrole nitrogens is 1. The zero-order valence-electron chi connectivity index (χ0n) is 8.03. The van der Waals surface area contributed by atoms with E-state index in [1.807, 2.05) is 30.3 Å². The number of hydrogen-bond acceptors (Lipinski definition) is 1. The fourth-order valence-corrected chi connectivity index (χ4v) is 1.76. The molecular weight excluding hydrogens is 210 g/mol. The van der Waals surface area contributed by atoms with Crippen molar-refractivity contribution in [3.63, 3.8) is 0 Å². The molecule has 76 valence electrons. The van der Waals surface area contributed by atoms with Crippen LogP contribution in [-0.4, -0.2) is 4.98 Å². The summed E-state index contributed by atoms with van der Waals surface area (Å²) in [4.78, 5) is 14.7. The smallest absolute Gasteiger partial charge is 0.189 e. The molecule has 0 saturated carbocycles. The number of rotatable bonds is 2. The monoisotopic (exact) mass is 219 g/mol. The molecule has 1 heterocycles. The first kappa shape index (κ1) is 9.99. The Morgan fingerprint density at radius 1 is 1.13 bits per heavy atom. The van der Waals surface area contributed by atoms with Crippen molar-refractivity contribution in [2.24, 2.45) is 0 Å². The van der Waals surface area contributed by atoms with Gasteiger partial charge in [0.05, 0.1) is 5.88 Å². The van der Waals surface area contributed by atoms with Crippen LogP contribution in [0.3, 0.4) is 0 Å². The summed E-state index contributed by atoms with van der Waals surface area (Å²) in [6.07, 6.45) is 1.62. The zero-order chi connectivity index (χ0) is 10.7. The van der Waals surface area contributed by atoms with Crippen molar-refractivity contribution in [2.45, 2.75) is 5.88 Å². The van der Waals surface area contributed by atoms with E-state index in [0.717, 1.165) is 11.3 Å². The summed E-state index contributed by atoms with van der Waals surface area (Å²) in [6.45, 7) is 0. The van der Waals surface area contributed by atoms with Crippen LogP contribution in [0.15, 0.2) is 47.4 Å². The highest BCUT2D eigenvalue weighted by Crippen LogP contribution is 2.18. The molecule has 0 spiro atoms. The van der Waals surface area contributed by atoms with Crippen molar-refractivity contribution in [1.82, 2.24) is 4.98 Å². The second kappa shape index (κ2) is 4.32. The van der Waals surface area contributed by atoms with Gasteiger partial charge in [-0.3, -0.25) is 4.79 Å². The standard InChI is InChI=1S/C12H10ClNO/c13-8-10-12(11(15)6-7-14-10)9-4-2-1-3-5-9/h1-7H,8H2,(H,14,15).